The van der Waals surface area contributed by atoms with Gasteiger partial charge in [-0.15, -0.1) is 11.3 Å². The van der Waals surface area contributed by atoms with Crippen LogP contribution in [-0.4, -0.2) is 14.5 Å². The summed E-state index contributed by atoms with van der Waals surface area (Å²) in [7, 11) is 0. The SMILES string of the molecule is c1ccc2cc3c(cc2c1)sc1cc2c(cc13)c1c3ccccc3ccc1n2-c1nc2ccccc2nc1-c1ccc2c(ccc3ccccc32)c1. The molecule has 240 valence electrons. The smallest absolute Gasteiger partial charge is 0.165 e. The van der Waals surface area contributed by atoms with Gasteiger partial charge in [-0.25, -0.2) is 9.97 Å². The third-order valence-corrected chi connectivity index (χ3v) is 12.0. The summed E-state index contributed by atoms with van der Waals surface area (Å²) < 4.78 is 4.94. The van der Waals surface area contributed by atoms with Gasteiger partial charge in [-0.2, -0.15) is 0 Å². The summed E-state index contributed by atoms with van der Waals surface area (Å²) >= 11 is 1.86. The second kappa shape index (κ2) is 10.5. The van der Waals surface area contributed by atoms with Crippen LogP contribution in [0, 0.1) is 0 Å². The summed E-state index contributed by atoms with van der Waals surface area (Å²) in [5.41, 5.74) is 5.92. The molecule has 0 amide bonds. The molecular formula is C48H27N3S. The molecule has 0 saturated carbocycles. The molecule has 0 fully saturated rings. The highest BCUT2D eigenvalue weighted by Gasteiger charge is 2.22. The molecule has 3 heterocycles. The molecule has 0 spiro atoms. The standard InChI is InChI=1S/C48H27N3S/c1-2-12-31-25-44-37(24-30(31)11-1)38-26-39-43(27-45(38)52-44)51(42-22-20-29-10-4-6-14-36(29)46(39)42)48-47(49-40-15-7-8-16-41(40)50-48)33-19-21-35-32(23-33)18-17-28-9-3-5-13-34(28)35/h1-27H. The van der Waals surface area contributed by atoms with E-state index in [9.17, 15) is 0 Å². The molecule has 0 aliphatic rings. The molecule has 4 heteroatoms. The first-order chi connectivity index (χ1) is 25.7. The van der Waals surface area contributed by atoms with Crippen LogP contribution in [0.2, 0.25) is 0 Å². The minimum Gasteiger partial charge on any atom is -0.292 e. The quantitative estimate of drug-likeness (QED) is 0.171. The number of thiophene rings is 1. The maximum Gasteiger partial charge on any atom is 0.165 e. The number of para-hydroxylation sites is 2. The van der Waals surface area contributed by atoms with Crippen LogP contribution in [0.15, 0.2) is 164 Å². The van der Waals surface area contributed by atoms with E-state index in [1.54, 1.807) is 0 Å². The van der Waals surface area contributed by atoms with Crippen molar-refractivity contribution in [2.24, 2.45) is 0 Å². The molecule has 0 radical (unpaired) electrons. The molecule has 0 bridgehead atoms. The van der Waals surface area contributed by atoms with E-state index in [0.717, 1.165) is 39.1 Å². The Labute approximate surface area is 301 Å². The van der Waals surface area contributed by atoms with E-state index < -0.39 is 0 Å². The first kappa shape index (κ1) is 28.1. The fraction of sp³-hybridized carbons (Fsp3) is 0. The predicted molar refractivity (Wildman–Crippen MR) is 222 cm³/mol. The second-order valence-corrected chi connectivity index (χ2v) is 14.9. The Hall–Kier alpha value is -6.62. The van der Waals surface area contributed by atoms with Crippen molar-refractivity contribution in [1.29, 1.82) is 0 Å². The average molecular weight is 678 g/mol. The molecule has 0 aliphatic heterocycles. The fourth-order valence-corrected chi connectivity index (χ4v) is 9.62. The zero-order valence-corrected chi connectivity index (χ0v) is 28.7. The van der Waals surface area contributed by atoms with E-state index in [1.165, 1.54) is 74.0 Å². The molecule has 0 aliphatic carbocycles. The molecule has 3 nitrogen and oxygen atoms in total. The van der Waals surface area contributed by atoms with Crippen molar-refractivity contribution in [1.82, 2.24) is 14.5 Å². The van der Waals surface area contributed by atoms with Crippen LogP contribution in [0.5, 0.6) is 0 Å². The highest BCUT2D eigenvalue weighted by atomic mass is 32.1. The zero-order chi connectivity index (χ0) is 33.9. The highest BCUT2D eigenvalue weighted by molar-refractivity contribution is 7.26. The highest BCUT2D eigenvalue weighted by Crippen LogP contribution is 2.44. The summed E-state index contributed by atoms with van der Waals surface area (Å²) in [6.45, 7) is 0. The number of rotatable bonds is 2. The van der Waals surface area contributed by atoms with E-state index in [0.29, 0.717) is 0 Å². The Kier molecular flexibility index (Phi) is 5.65. The normalized spacial score (nSPS) is 12.2. The van der Waals surface area contributed by atoms with E-state index >= 15 is 0 Å². The lowest BCUT2D eigenvalue weighted by atomic mass is 9.99. The van der Waals surface area contributed by atoms with Crippen LogP contribution in [-0.2, 0) is 0 Å². The number of hydrogen-bond donors (Lipinski definition) is 0. The summed E-state index contributed by atoms with van der Waals surface area (Å²) in [4.78, 5) is 10.9. The zero-order valence-electron chi connectivity index (χ0n) is 27.8. The molecule has 12 rings (SSSR count). The van der Waals surface area contributed by atoms with Gasteiger partial charge in [-0.1, -0.05) is 115 Å². The van der Waals surface area contributed by atoms with Crippen LogP contribution < -0.4 is 0 Å². The molecule has 0 saturated heterocycles. The third kappa shape index (κ3) is 3.95. The van der Waals surface area contributed by atoms with Gasteiger partial charge in [-0.3, -0.25) is 4.57 Å². The van der Waals surface area contributed by atoms with Crippen LogP contribution in [0.4, 0.5) is 0 Å². The van der Waals surface area contributed by atoms with Gasteiger partial charge in [0, 0.05) is 36.5 Å². The van der Waals surface area contributed by atoms with Gasteiger partial charge in [0.15, 0.2) is 5.82 Å². The number of benzene rings is 9. The lowest BCUT2D eigenvalue weighted by molar-refractivity contribution is 1.08. The summed E-state index contributed by atoms with van der Waals surface area (Å²) in [5.74, 6) is 0.834. The summed E-state index contributed by atoms with van der Waals surface area (Å²) in [6.07, 6.45) is 0. The molecule has 0 unspecified atom stereocenters. The number of hydrogen-bond acceptors (Lipinski definition) is 3. The van der Waals surface area contributed by atoms with Crippen molar-refractivity contribution in [3.05, 3.63) is 164 Å². The van der Waals surface area contributed by atoms with E-state index in [4.69, 9.17) is 9.97 Å². The van der Waals surface area contributed by atoms with Gasteiger partial charge < -0.3 is 0 Å². The van der Waals surface area contributed by atoms with Crippen molar-refractivity contribution in [3.63, 3.8) is 0 Å². The van der Waals surface area contributed by atoms with Gasteiger partial charge in [0.25, 0.3) is 0 Å². The predicted octanol–water partition coefficient (Wildman–Crippen LogP) is 13.4. The van der Waals surface area contributed by atoms with Crippen LogP contribution in [0.1, 0.15) is 0 Å². The topological polar surface area (TPSA) is 30.7 Å². The molecule has 9 aromatic carbocycles. The number of fused-ring (bicyclic) bond motifs is 13. The van der Waals surface area contributed by atoms with Crippen molar-refractivity contribution in [2.75, 3.05) is 0 Å². The number of nitrogens with zero attached hydrogens (tertiary/aromatic N) is 3. The Morgan fingerprint density at radius 1 is 0.385 bits per heavy atom. The molecule has 0 atom stereocenters. The largest absolute Gasteiger partial charge is 0.292 e. The van der Waals surface area contributed by atoms with E-state index in [1.807, 2.05) is 23.5 Å². The van der Waals surface area contributed by atoms with Gasteiger partial charge in [-0.05, 0) is 91.6 Å². The van der Waals surface area contributed by atoms with Crippen LogP contribution in [0.25, 0.3) is 113 Å². The first-order valence-corrected chi connectivity index (χ1v) is 18.5. The first-order valence-electron chi connectivity index (χ1n) is 17.7. The maximum absolute atomic E-state index is 5.47. The summed E-state index contributed by atoms with van der Waals surface area (Å²) in [6, 6.07) is 59.5. The fourth-order valence-electron chi connectivity index (χ4n) is 8.47. The summed E-state index contributed by atoms with van der Waals surface area (Å²) in [5, 5.41) is 15.0. The maximum atomic E-state index is 5.47. The monoisotopic (exact) mass is 677 g/mol. The second-order valence-electron chi connectivity index (χ2n) is 13.8. The lowest BCUT2D eigenvalue weighted by Crippen LogP contribution is -2.03. The Morgan fingerprint density at radius 3 is 1.85 bits per heavy atom. The minimum atomic E-state index is 0.834. The molecule has 3 aromatic heterocycles. The lowest BCUT2D eigenvalue weighted by Gasteiger charge is -2.15. The average Bonchev–Trinajstić information content (AvgIpc) is 3.72. The molecular weight excluding hydrogens is 651 g/mol. The van der Waals surface area contributed by atoms with Crippen LogP contribution >= 0.6 is 11.3 Å². The Morgan fingerprint density at radius 2 is 1.00 bits per heavy atom. The Bertz CT molecular complexity index is 3480. The molecule has 12 aromatic rings. The van der Waals surface area contributed by atoms with Gasteiger partial charge >= 0.3 is 0 Å². The third-order valence-electron chi connectivity index (χ3n) is 10.9. The van der Waals surface area contributed by atoms with Crippen molar-refractivity contribution >= 4 is 107 Å². The van der Waals surface area contributed by atoms with E-state index in [-0.39, 0.29) is 0 Å². The van der Waals surface area contributed by atoms with E-state index in [2.05, 4.69) is 156 Å². The van der Waals surface area contributed by atoms with Gasteiger partial charge in [0.2, 0.25) is 0 Å². The Balaban J connectivity index is 1.22. The van der Waals surface area contributed by atoms with Gasteiger partial charge in [0.1, 0.15) is 5.69 Å². The van der Waals surface area contributed by atoms with Crippen molar-refractivity contribution in [3.8, 4) is 17.1 Å². The molecule has 52 heavy (non-hydrogen) atoms. The minimum absolute atomic E-state index is 0.834. The van der Waals surface area contributed by atoms with Crippen molar-refractivity contribution in [2.45, 2.75) is 0 Å². The number of aromatic nitrogens is 3. The van der Waals surface area contributed by atoms with Gasteiger partial charge in [0.05, 0.1) is 22.1 Å². The molecule has 0 N–H and O–H groups in total. The van der Waals surface area contributed by atoms with Crippen LogP contribution in [0.3, 0.4) is 0 Å². The van der Waals surface area contributed by atoms with Crippen molar-refractivity contribution < 1.29 is 0 Å².